The number of phenolic OH excluding ortho intramolecular Hbond substituents is 2. The van der Waals surface area contributed by atoms with Crippen LogP contribution in [0.1, 0.15) is 5.69 Å². The van der Waals surface area contributed by atoms with Crippen molar-refractivity contribution in [1.29, 1.82) is 0 Å². The van der Waals surface area contributed by atoms with E-state index in [9.17, 15) is 10.2 Å². The molecule has 0 amide bonds. The van der Waals surface area contributed by atoms with Gasteiger partial charge in [-0.15, -0.1) is 0 Å². The van der Waals surface area contributed by atoms with Crippen molar-refractivity contribution in [2.45, 2.75) is 6.92 Å². The predicted molar refractivity (Wildman–Crippen MR) is 49.8 cm³/mol. The summed E-state index contributed by atoms with van der Waals surface area (Å²) < 4.78 is 0. The Morgan fingerprint density at radius 2 is 1.77 bits per heavy atom. The lowest BCUT2D eigenvalue weighted by atomic mass is 10.1. The molecule has 1 heterocycles. The summed E-state index contributed by atoms with van der Waals surface area (Å²) >= 11 is 0. The first kappa shape index (κ1) is 7.86. The Balaban J connectivity index is 3.00. The summed E-state index contributed by atoms with van der Waals surface area (Å²) in [5.74, 6) is 0.316. The summed E-state index contributed by atoms with van der Waals surface area (Å²) in [6.07, 6.45) is 1.61. The molecule has 0 saturated carbocycles. The van der Waals surface area contributed by atoms with Crippen LogP contribution in [0, 0.1) is 6.92 Å². The third kappa shape index (κ3) is 1.09. The summed E-state index contributed by atoms with van der Waals surface area (Å²) in [6, 6.07) is 4.61. The summed E-state index contributed by atoms with van der Waals surface area (Å²) in [5, 5.41) is 20.3. The number of aryl methyl sites for hydroxylation is 1. The van der Waals surface area contributed by atoms with Gasteiger partial charge in [0, 0.05) is 22.7 Å². The molecule has 0 fully saturated rings. The van der Waals surface area contributed by atoms with Gasteiger partial charge < -0.3 is 10.2 Å². The smallest absolute Gasteiger partial charge is 0.125 e. The molecule has 0 bridgehead atoms. The number of aromatic nitrogens is 1. The van der Waals surface area contributed by atoms with Gasteiger partial charge in [-0.2, -0.15) is 0 Å². The molecule has 0 radical (unpaired) electrons. The van der Waals surface area contributed by atoms with Crippen LogP contribution in [0.3, 0.4) is 0 Å². The van der Waals surface area contributed by atoms with E-state index < -0.39 is 0 Å². The molecule has 0 atom stereocenters. The third-order valence-corrected chi connectivity index (χ3v) is 2.07. The molecule has 66 valence electrons. The highest BCUT2D eigenvalue weighted by Crippen LogP contribution is 2.32. The predicted octanol–water partition coefficient (Wildman–Crippen LogP) is 1.95. The number of aromatic hydroxyl groups is 2. The van der Waals surface area contributed by atoms with Crippen LogP contribution in [-0.4, -0.2) is 15.2 Å². The molecule has 0 aliphatic heterocycles. The van der Waals surface area contributed by atoms with Gasteiger partial charge in [-0.25, -0.2) is 0 Å². The number of hydrogen-bond donors (Lipinski definition) is 2. The molecule has 13 heavy (non-hydrogen) atoms. The first-order valence-electron chi connectivity index (χ1n) is 3.96. The van der Waals surface area contributed by atoms with Crippen molar-refractivity contribution in [1.82, 2.24) is 4.98 Å². The fourth-order valence-corrected chi connectivity index (χ4v) is 1.43. The van der Waals surface area contributed by atoms with Crippen LogP contribution >= 0.6 is 0 Å². The Bertz CT molecular complexity index is 457. The number of phenols is 2. The SMILES string of the molecule is Cc1nccc2c(O)ccc(O)c12. The molecule has 0 aliphatic rings. The summed E-state index contributed by atoms with van der Waals surface area (Å²) in [4.78, 5) is 4.04. The van der Waals surface area contributed by atoms with E-state index in [1.165, 1.54) is 12.1 Å². The van der Waals surface area contributed by atoms with Gasteiger partial charge in [0.25, 0.3) is 0 Å². The van der Waals surface area contributed by atoms with Crippen LogP contribution in [0.2, 0.25) is 0 Å². The molecule has 1 aromatic carbocycles. The Hall–Kier alpha value is -1.77. The molecule has 2 rings (SSSR count). The lowest BCUT2D eigenvalue weighted by Crippen LogP contribution is -1.83. The quantitative estimate of drug-likeness (QED) is 0.602. The molecule has 2 aromatic rings. The molecule has 3 nitrogen and oxygen atoms in total. The largest absolute Gasteiger partial charge is 0.507 e. The highest BCUT2D eigenvalue weighted by atomic mass is 16.3. The maximum absolute atomic E-state index is 9.53. The van der Waals surface area contributed by atoms with Gasteiger partial charge in [0.2, 0.25) is 0 Å². The zero-order valence-electron chi connectivity index (χ0n) is 7.15. The second kappa shape index (κ2) is 2.62. The van der Waals surface area contributed by atoms with Gasteiger partial charge >= 0.3 is 0 Å². The minimum atomic E-state index is 0.151. The average molecular weight is 175 g/mol. The van der Waals surface area contributed by atoms with E-state index in [1.54, 1.807) is 19.2 Å². The van der Waals surface area contributed by atoms with Crippen LogP contribution in [-0.2, 0) is 0 Å². The Kier molecular flexibility index (Phi) is 1.59. The number of hydrogen-bond acceptors (Lipinski definition) is 3. The lowest BCUT2D eigenvalue weighted by molar-refractivity contribution is 0.469. The third-order valence-electron chi connectivity index (χ3n) is 2.07. The molecular weight excluding hydrogens is 166 g/mol. The van der Waals surface area contributed by atoms with Crippen molar-refractivity contribution in [2.24, 2.45) is 0 Å². The van der Waals surface area contributed by atoms with Crippen molar-refractivity contribution in [2.75, 3.05) is 0 Å². The summed E-state index contributed by atoms with van der Waals surface area (Å²) in [5.41, 5.74) is 0.714. The maximum atomic E-state index is 9.53. The van der Waals surface area contributed by atoms with E-state index in [0.29, 0.717) is 16.5 Å². The fourth-order valence-electron chi connectivity index (χ4n) is 1.43. The van der Waals surface area contributed by atoms with Gasteiger partial charge in [-0.05, 0) is 25.1 Å². The molecule has 2 N–H and O–H groups in total. The van der Waals surface area contributed by atoms with Crippen LogP contribution in [0.5, 0.6) is 11.5 Å². The van der Waals surface area contributed by atoms with E-state index in [-0.39, 0.29) is 11.5 Å². The molecule has 3 heteroatoms. The normalized spacial score (nSPS) is 10.5. The van der Waals surface area contributed by atoms with Gasteiger partial charge in [0.1, 0.15) is 11.5 Å². The number of fused-ring (bicyclic) bond motifs is 1. The fraction of sp³-hybridized carbons (Fsp3) is 0.100. The molecule has 0 saturated heterocycles. The van der Waals surface area contributed by atoms with Crippen molar-refractivity contribution in [3.63, 3.8) is 0 Å². The summed E-state index contributed by atoms with van der Waals surface area (Å²) in [7, 11) is 0. The number of pyridine rings is 1. The second-order valence-electron chi connectivity index (χ2n) is 2.92. The number of rotatable bonds is 0. The topological polar surface area (TPSA) is 53.4 Å². The Labute approximate surface area is 75.3 Å². The van der Waals surface area contributed by atoms with Crippen LogP contribution in [0.25, 0.3) is 10.8 Å². The van der Waals surface area contributed by atoms with Crippen molar-refractivity contribution in [3.8, 4) is 11.5 Å². The minimum absolute atomic E-state index is 0.151. The van der Waals surface area contributed by atoms with Crippen molar-refractivity contribution < 1.29 is 10.2 Å². The molecule has 1 aromatic heterocycles. The van der Waals surface area contributed by atoms with E-state index in [1.807, 2.05) is 0 Å². The first-order valence-corrected chi connectivity index (χ1v) is 3.96. The average Bonchev–Trinajstić information content (AvgIpc) is 2.12. The van der Waals surface area contributed by atoms with Crippen LogP contribution in [0.15, 0.2) is 24.4 Å². The second-order valence-corrected chi connectivity index (χ2v) is 2.92. The monoisotopic (exact) mass is 175 g/mol. The number of nitrogens with zero attached hydrogens (tertiary/aromatic N) is 1. The molecule has 0 unspecified atom stereocenters. The van der Waals surface area contributed by atoms with Crippen LogP contribution in [0.4, 0.5) is 0 Å². The van der Waals surface area contributed by atoms with Crippen LogP contribution < -0.4 is 0 Å². The Morgan fingerprint density at radius 1 is 1.08 bits per heavy atom. The molecule has 0 spiro atoms. The van der Waals surface area contributed by atoms with E-state index in [2.05, 4.69) is 4.98 Å². The maximum Gasteiger partial charge on any atom is 0.125 e. The van der Waals surface area contributed by atoms with E-state index in [4.69, 9.17) is 0 Å². The van der Waals surface area contributed by atoms with E-state index >= 15 is 0 Å². The minimum Gasteiger partial charge on any atom is -0.507 e. The molecular formula is C10H9NO2. The van der Waals surface area contributed by atoms with Gasteiger partial charge in [-0.3, -0.25) is 4.98 Å². The van der Waals surface area contributed by atoms with Gasteiger partial charge in [0.05, 0.1) is 0 Å². The molecule has 0 aliphatic carbocycles. The zero-order valence-corrected chi connectivity index (χ0v) is 7.15. The highest BCUT2D eigenvalue weighted by molar-refractivity contribution is 5.94. The Morgan fingerprint density at radius 3 is 2.46 bits per heavy atom. The van der Waals surface area contributed by atoms with Crippen molar-refractivity contribution in [3.05, 3.63) is 30.1 Å². The zero-order chi connectivity index (χ0) is 9.42. The van der Waals surface area contributed by atoms with E-state index in [0.717, 1.165) is 0 Å². The standard InChI is InChI=1S/C10H9NO2/c1-6-10-7(4-5-11-6)8(12)2-3-9(10)13/h2-5,12-13H,1H3. The summed E-state index contributed by atoms with van der Waals surface area (Å²) in [6.45, 7) is 1.79. The first-order chi connectivity index (χ1) is 6.20. The number of benzene rings is 1. The van der Waals surface area contributed by atoms with Gasteiger partial charge in [0.15, 0.2) is 0 Å². The highest BCUT2D eigenvalue weighted by Gasteiger charge is 2.06. The lowest BCUT2D eigenvalue weighted by Gasteiger charge is -2.04. The van der Waals surface area contributed by atoms with Gasteiger partial charge in [-0.1, -0.05) is 0 Å². The van der Waals surface area contributed by atoms with Crippen molar-refractivity contribution >= 4 is 10.8 Å².